The summed E-state index contributed by atoms with van der Waals surface area (Å²) in [5.74, 6) is 3.32. The first kappa shape index (κ1) is 16.0. The maximum Gasteiger partial charge on any atom is 0.319 e. The molecule has 0 aliphatic heterocycles. The van der Waals surface area contributed by atoms with E-state index in [1.165, 1.54) is 44.1 Å². The zero-order valence-corrected chi connectivity index (χ0v) is 15.0. The van der Waals surface area contributed by atoms with Crippen LogP contribution in [0.1, 0.15) is 63.9 Å². The first-order valence-corrected chi connectivity index (χ1v) is 9.66. The van der Waals surface area contributed by atoms with Gasteiger partial charge in [0.05, 0.1) is 0 Å². The molecule has 1 aromatic rings. The second-order valence-corrected chi connectivity index (χ2v) is 9.00. The number of hydrogen-bond donors (Lipinski definition) is 2. The standard InChI is InChI=1S/C21H30N2O/c1-14(2)18-3-5-19(6-4-18)23-20(24)22-13-21-10-15-7-16(11-21)9-17(8-15)12-21/h3-6,14-17H,7-13H2,1-2H3,(H2,22,23,24). The summed E-state index contributed by atoms with van der Waals surface area (Å²) in [6, 6.07) is 8.14. The average molecular weight is 326 g/mol. The topological polar surface area (TPSA) is 41.1 Å². The first-order valence-electron chi connectivity index (χ1n) is 9.66. The van der Waals surface area contributed by atoms with Crippen molar-refractivity contribution in [3.8, 4) is 0 Å². The number of carbonyl (C=O) groups excluding carboxylic acids is 1. The summed E-state index contributed by atoms with van der Waals surface area (Å²) in [4.78, 5) is 12.3. The smallest absolute Gasteiger partial charge is 0.319 e. The number of nitrogens with one attached hydrogen (secondary N) is 2. The number of benzene rings is 1. The second kappa shape index (κ2) is 6.09. The van der Waals surface area contributed by atoms with E-state index in [0.29, 0.717) is 11.3 Å². The average Bonchev–Trinajstić information content (AvgIpc) is 2.52. The van der Waals surface area contributed by atoms with Crippen molar-refractivity contribution in [2.75, 3.05) is 11.9 Å². The highest BCUT2D eigenvalue weighted by molar-refractivity contribution is 5.89. The van der Waals surface area contributed by atoms with Gasteiger partial charge in [-0.2, -0.15) is 0 Å². The number of urea groups is 1. The van der Waals surface area contributed by atoms with Crippen LogP contribution in [0, 0.1) is 23.2 Å². The fourth-order valence-electron chi connectivity index (χ4n) is 5.90. The monoisotopic (exact) mass is 326 g/mol. The Bertz CT molecular complexity index is 569. The van der Waals surface area contributed by atoms with Gasteiger partial charge in [0.25, 0.3) is 0 Å². The van der Waals surface area contributed by atoms with Crippen molar-refractivity contribution < 1.29 is 4.79 Å². The summed E-state index contributed by atoms with van der Waals surface area (Å²) in [6.07, 6.45) is 8.36. The van der Waals surface area contributed by atoms with Gasteiger partial charge in [-0.15, -0.1) is 0 Å². The molecule has 0 unspecified atom stereocenters. The molecular formula is C21H30N2O. The summed E-state index contributed by atoms with van der Waals surface area (Å²) in [5, 5.41) is 6.17. The van der Waals surface area contributed by atoms with Crippen molar-refractivity contribution in [2.24, 2.45) is 23.2 Å². The maximum atomic E-state index is 12.3. The third-order valence-electron chi connectivity index (χ3n) is 6.62. The van der Waals surface area contributed by atoms with Gasteiger partial charge in [0.2, 0.25) is 0 Å². The van der Waals surface area contributed by atoms with Gasteiger partial charge in [0.1, 0.15) is 0 Å². The maximum absolute atomic E-state index is 12.3. The van der Waals surface area contributed by atoms with Crippen LogP contribution in [0.3, 0.4) is 0 Å². The number of amides is 2. The van der Waals surface area contributed by atoms with E-state index < -0.39 is 0 Å². The molecule has 2 N–H and O–H groups in total. The first-order chi connectivity index (χ1) is 11.5. The van der Waals surface area contributed by atoms with Crippen LogP contribution < -0.4 is 10.6 Å². The highest BCUT2D eigenvalue weighted by Gasteiger charge is 2.50. The molecule has 0 radical (unpaired) electrons. The van der Waals surface area contributed by atoms with E-state index >= 15 is 0 Å². The van der Waals surface area contributed by atoms with Gasteiger partial charge < -0.3 is 10.6 Å². The molecule has 4 fully saturated rings. The SMILES string of the molecule is CC(C)c1ccc(NC(=O)NCC23CC4CC(CC(C4)C2)C3)cc1. The molecule has 4 saturated carbocycles. The lowest BCUT2D eigenvalue weighted by Gasteiger charge is -2.56. The van der Waals surface area contributed by atoms with Crippen LogP contribution in [0.5, 0.6) is 0 Å². The molecule has 4 bridgehead atoms. The molecule has 0 spiro atoms. The minimum absolute atomic E-state index is 0.0527. The van der Waals surface area contributed by atoms with E-state index in [0.717, 1.165) is 30.0 Å². The molecule has 1 aromatic carbocycles. The molecule has 5 rings (SSSR count). The molecule has 24 heavy (non-hydrogen) atoms. The minimum atomic E-state index is -0.0527. The molecule has 3 nitrogen and oxygen atoms in total. The second-order valence-electron chi connectivity index (χ2n) is 9.00. The predicted molar refractivity (Wildman–Crippen MR) is 98.2 cm³/mol. The summed E-state index contributed by atoms with van der Waals surface area (Å²) in [7, 11) is 0. The summed E-state index contributed by atoms with van der Waals surface area (Å²) in [5.41, 5.74) is 2.57. The quantitative estimate of drug-likeness (QED) is 0.789. The number of rotatable bonds is 4. The Kier molecular flexibility index (Phi) is 4.06. The molecule has 0 heterocycles. The van der Waals surface area contributed by atoms with Gasteiger partial charge in [-0.05, 0) is 85.3 Å². The molecule has 3 heteroatoms. The van der Waals surface area contributed by atoms with Crippen molar-refractivity contribution in [3.63, 3.8) is 0 Å². The molecule has 130 valence electrons. The highest BCUT2D eigenvalue weighted by atomic mass is 16.2. The molecule has 0 saturated heterocycles. The van der Waals surface area contributed by atoms with E-state index in [1.807, 2.05) is 12.1 Å². The number of hydrogen-bond acceptors (Lipinski definition) is 1. The van der Waals surface area contributed by atoms with Crippen molar-refractivity contribution in [1.29, 1.82) is 0 Å². The van der Waals surface area contributed by atoms with Crippen LogP contribution in [0.25, 0.3) is 0 Å². The Hall–Kier alpha value is -1.51. The molecule has 4 aliphatic rings. The summed E-state index contributed by atoms with van der Waals surface area (Å²) >= 11 is 0. The molecule has 0 atom stereocenters. The van der Waals surface area contributed by atoms with Gasteiger partial charge in [0.15, 0.2) is 0 Å². The number of anilines is 1. The fourth-order valence-corrected chi connectivity index (χ4v) is 5.90. The largest absolute Gasteiger partial charge is 0.337 e. The Morgan fingerprint density at radius 3 is 2.08 bits per heavy atom. The van der Waals surface area contributed by atoms with Gasteiger partial charge >= 0.3 is 6.03 Å². The predicted octanol–water partition coefficient (Wildman–Crippen LogP) is 5.15. The third kappa shape index (κ3) is 3.18. The van der Waals surface area contributed by atoms with E-state index in [-0.39, 0.29) is 6.03 Å². The molecule has 2 amide bonds. The van der Waals surface area contributed by atoms with Crippen LogP contribution in [0.4, 0.5) is 10.5 Å². The zero-order valence-electron chi connectivity index (χ0n) is 15.0. The lowest BCUT2D eigenvalue weighted by atomic mass is 9.49. The van der Waals surface area contributed by atoms with Gasteiger partial charge in [-0.3, -0.25) is 0 Å². The Balaban J connectivity index is 1.32. The van der Waals surface area contributed by atoms with Crippen molar-refractivity contribution >= 4 is 11.7 Å². The van der Waals surface area contributed by atoms with Crippen LogP contribution >= 0.6 is 0 Å². The van der Waals surface area contributed by atoms with Crippen molar-refractivity contribution in [2.45, 2.75) is 58.3 Å². The van der Waals surface area contributed by atoms with Crippen molar-refractivity contribution in [3.05, 3.63) is 29.8 Å². The third-order valence-corrected chi connectivity index (χ3v) is 6.62. The van der Waals surface area contributed by atoms with Crippen LogP contribution in [-0.2, 0) is 0 Å². The molecule has 0 aromatic heterocycles. The van der Waals surface area contributed by atoms with E-state index in [9.17, 15) is 4.79 Å². The Labute approximate surface area is 145 Å². The normalized spacial score (nSPS) is 33.7. The molecule has 4 aliphatic carbocycles. The summed E-state index contributed by atoms with van der Waals surface area (Å²) < 4.78 is 0. The van der Waals surface area contributed by atoms with Crippen molar-refractivity contribution in [1.82, 2.24) is 5.32 Å². The Morgan fingerprint density at radius 1 is 1.04 bits per heavy atom. The lowest BCUT2D eigenvalue weighted by Crippen LogP contribution is -2.51. The van der Waals surface area contributed by atoms with Crippen LogP contribution in [-0.4, -0.2) is 12.6 Å². The fraction of sp³-hybridized carbons (Fsp3) is 0.667. The van der Waals surface area contributed by atoms with E-state index in [4.69, 9.17) is 0 Å². The van der Waals surface area contributed by atoms with E-state index in [2.05, 4.69) is 36.6 Å². The van der Waals surface area contributed by atoms with Crippen LogP contribution in [0.15, 0.2) is 24.3 Å². The zero-order chi connectivity index (χ0) is 16.7. The highest BCUT2D eigenvalue weighted by Crippen LogP contribution is 2.59. The van der Waals surface area contributed by atoms with E-state index in [1.54, 1.807) is 0 Å². The molecular weight excluding hydrogens is 296 g/mol. The lowest BCUT2D eigenvalue weighted by molar-refractivity contribution is -0.0496. The van der Waals surface area contributed by atoms with Gasteiger partial charge in [0, 0.05) is 12.2 Å². The minimum Gasteiger partial charge on any atom is -0.337 e. The summed E-state index contributed by atoms with van der Waals surface area (Å²) in [6.45, 7) is 5.22. The van der Waals surface area contributed by atoms with Gasteiger partial charge in [-0.1, -0.05) is 26.0 Å². The van der Waals surface area contributed by atoms with Crippen LogP contribution in [0.2, 0.25) is 0 Å². The Morgan fingerprint density at radius 2 is 1.58 bits per heavy atom. The number of carbonyl (C=O) groups is 1. The van der Waals surface area contributed by atoms with Gasteiger partial charge in [-0.25, -0.2) is 4.79 Å².